The molecule has 0 bridgehead atoms. The van der Waals surface area contributed by atoms with Crippen LogP contribution in [-0.2, 0) is 0 Å². The number of carboxylic acids is 1. The topological polar surface area (TPSA) is 77.6 Å². The average molecular weight is 329 g/mol. The molecular formula is C7H5ClINO4. The monoisotopic (exact) mass is 329 g/mol. The summed E-state index contributed by atoms with van der Waals surface area (Å²) in [6, 6.07) is 3.84. The van der Waals surface area contributed by atoms with Gasteiger partial charge in [0.2, 0.25) is 0 Å². The first-order valence-corrected chi connectivity index (χ1v) is 5.66. The standard InChI is InChI=1S/C7H5ClINO4/c8-4-1-2-6(10(14)9-13)5(3-4)7(11)12/h1-3,13H,(H,11,12). The molecule has 0 aliphatic heterocycles. The molecule has 76 valence electrons. The second-order valence-corrected chi connectivity index (χ2v) is 4.03. The molecule has 5 nitrogen and oxygen atoms in total. The molecule has 0 aliphatic carbocycles. The van der Waals surface area contributed by atoms with E-state index >= 15 is 0 Å². The van der Waals surface area contributed by atoms with Crippen LogP contribution in [0.4, 0.5) is 5.69 Å². The normalized spacial score (nSPS) is 10.1. The van der Waals surface area contributed by atoms with Crippen LogP contribution in [0.25, 0.3) is 0 Å². The molecule has 1 rings (SSSR count). The van der Waals surface area contributed by atoms with Crippen LogP contribution >= 0.6 is 11.6 Å². The molecule has 0 aromatic heterocycles. The predicted molar refractivity (Wildman–Crippen MR) is 43.9 cm³/mol. The zero-order valence-electron chi connectivity index (χ0n) is 6.65. The van der Waals surface area contributed by atoms with Gasteiger partial charge in [-0.15, -0.1) is 0 Å². The summed E-state index contributed by atoms with van der Waals surface area (Å²) >= 11 is 3.86. The summed E-state index contributed by atoms with van der Waals surface area (Å²) in [4.78, 5) is 21.8. The quantitative estimate of drug-likeness (QED) is 0.515. The molecule has 0 unspecified atom stereocenters. The van der Waals surface area contributed by atoms with Crippen LogP contribution in [0, 0.1) is 4.91 Å². The third-order valence-corrected chi connectivity index (χ3v) is 2.59. The summed E-state index contributed by atoms with van der Waals surface area (Å²) in [6.07, 6.45) is 0. The number of nitrogens with zero attached hydrogens (tertiary/aromatic N) is 1. The minimum absolute atomic E-state index is 0.0720. The fraction of sp³-hybridized carbons (Fsp3) is 0. The summed E-state index contributed by atoms with van der Waals surface area (Å²) in [7, 11) is 0. The van der Waals surface area contributed by atoms with Crippen LogP contribution in [-0.4, -0.2) is 17.5 Å². The van der Waals surface area contributed by atoms with E-state index in [4.69, 9.17) is 20.1 Å². The number of hydrogen-bond acceptors (Lipinski definition) is 3. The SMILES string of the molecule is O=C(O)c1cc(Cl)ccc1[N+](=O)[I-]O. The molecule has 0 fully saturated rings. The fourth-order valence-corrected chi connectivity index (χ4v) is 1.70. The van der Waals surface area contributed by atoms with Gasteiger partial charge < -0.3 is 0 Å². The number of benzene rings is 1. The van der Waals surface area contributed by atoms with E-state index in [0.717, 1.165) is 0 Å². The van der Waals surface area contributed by atoms with Crippen molar-refractivity contribution in [1.29, 1.82) is 0 Å². The Bertz CT molecular complexity index is 395. The Balaban J connectivity index is 3.28. The van der Waals surface area contributed by atoms with Gasteiger partial charge >= 0.3 is 95.2 Å². The fourth-order valence-electron chi connectivity index (χ4n) is 0.874. The molecule has 0 spiro atoms. The zero-order chi connectivity index (χ0) is 10.7. The van der Waals surface area contributed by atoms with Crippen LogP contribution in [0.1, 0.15) is 10.4 Å². The molecule has 0 radical (unpaired) electrons. The van der Waals surface area contributed by atoms with Crippen LogP contribution in [0.3, 0.4) is 0 Å². The first-order chi connectivity index (χ1) is 6.56. The van der Waals surface area contributed by atoms with E-state index in [9.17, 15) is 9.70 Å². The van der Waals surface area contributed by atoms with Crippen molar-refractivity contribution >= 4 is 23.3 Å². The summed E-state index contributed by atoms with van der Waals surface area (Å²) in [5.41, 5.74) is -0.279. The zero-order valence-corrected chi connectivity index (χ0v) is 9.56. The number of halogens is 2. The van der Waals surface area contributed by atoms with Gasteiger partial charge in [-0.1, -0.05) is 0 Å². The summed E-state index contributed by atoms with van der Waals surface area (Å²) in [5.74, 6) is -1.25. The van der Waals surface area contributed by atoms with Crippen molar-refractivity contribution in [3.63, 3.8) is 0 Å². The molecule has 1 aromatic carbocycles. The molecule has 7 heteroatoms. The molecule has 0 saturated heterocycles. The third kappa shape index (κ3) is 2.40. The van der Waals surface area contributed by atoms with Gasteiger partial charge in [-0.3, -0.25) is 0 Å². The number of carboxylic acid groups (broad SMARTS) is 1. The van der Waals surface area contributed by atoms with Crippen molar-refractivity contribution in [3.8, 4) is 0 Å². The van der Waals surface area contributed by atoms with Gasteiger partial charge in [0.05, 0.1) is 0 Å². The molecule has 0 heterocycles. The minimum atomic E-state index is -1.71. The summed E-state index contributed by atoms with van der Waals surface area (Å²) < 4.78 is 8.94. The number of nitroso groups, excluding NO2 is 1. The van der Waals surface area contributed by atoms with Crippen molar-refractivity contribution in [1.82, 2.24) is 0 Å². The van der Waals surface area contributed by atoms with Crippen LogP contribution < -0.4 is 21.9 Å². The van der Waals surface area contributed by atoms with Crippen molar-refractivity contribution in [2.75, 3.05) is 0 Å². The Morgan fingerprint density at radius 1 is 1.50 bits per heavy atom. The number of aromatic carboxylic acids is 1. The van der Waals surface area contributed by atoms with Crippen molar-refractivity contribution in [3.05, 3.63) is 33.7 Å². The van der Waals surface area contributed by atoms with Gasteiger partial charge in [-0.2, -0.15) is 0 Å². The third-order valence-electron chi connectivity index (χ3n) is 1.45. The Kier molecular flexibility index (Phi) is 3.78. The van der Waals surface area contributed by atoms with Gasteiger partial charge in [0.25, 0.3) is 0 Å². The molecule has 1 aromatic rings. The van der Waals surface area contributed by atoms with E-state index in [2.05, 4.69) is 0 Å². The van der Waals surface area contributed by atoms with Gasteiger partial charge in [0.15, 0.2) is 0 Å². The second-order valence-electron chi connectivity index (χ2n) is 2.29. The molecule has 0 aliphatic rings. The van der Waals surface area contributed by atoms with E-state index in [1.54, 1.807) is 0 Å². The predicted octanol–water partition coefficient (Wildman–Crippen LogP) is -1.64. The molecule has 14 heavy (non-hydrogen) atoms. The van der Waals surface area contributed by atoms with Crippen LogP contribution in [0.5, 0.6) is 0 Å². The average Bonchev–Trinajstić information content (AvgIpc) is 2.16. The van der Waals surface area contributed by atoms with Gasteiger partial charge in [-0.25, -0.2) is 0 Å². The molecular weight excluding hydrogens is 324 g/mol. The maximum atomic E-state index is 11.1. The molecule has 0 atom stereocenters. The van der Waals surface area contributed by atoms with E-state index in [1.807, 2.05) is 0 Å². The first-order valence-electron chi connectivity index (χ1n) is 3.35. The second kappa shape index (κ2) is 4.67. The van der Waals surface area contributed by atoms with Crippen molar-refractivity contribution in [2.45, 2.75) is 0 Å². The first kappa shape index (κ1) is 11.3. The number of hydrogen-bond donors (Lipinski definition) is 2. The Labute approximate surface area is 95.0 Å². The van der Waals surface area contributed by atoms with Gasteiger partial charge in [0.1, 0.15) is 0 Å². The number of rotatable bonds is 3. The van der Waals surface area contributed by atoms with Gasteiger partial charge in [0, 0.05) is 0 Å². The van der Waals surface area contributed by atoms with E-state index in [-0.39, 0.29) is 19.2 Å². The van der Waals surface area contributed by atoms with Crippen LogP contribution in [0.15, 0.2) is 18.2 Å². The van der Waals surface area contributed by atoms with Crippen LogP contribution in [0.2, 0.25) is 5.02 Å². The Morgan fingerprint density at radius 3 is 2.64 bits per heavy atom. The Hall–Kier alpha value is -0.730. The molecule has 2 N–H and O–H groups in total. The van der Waals surface area contributed by atoms with E-state index in [1.165, 1.54) is 18.2 Å². The van der Waals surface area contributed by atoms with E-state index in [0.29, 0.717) is 0 Å². The van der Waals surface area contributed by atoms with Gasteiger partial charge in [-0.05, 0) is 0 Å². The van der Waals surface area contributed by atoms with Crippen molar-refractivity contribution in [2.24, 2.45) is 0 Å². The Morgan fingerprint density at radius 2 is 2.14 bits per heavy atom. The maximum absolute atomic E-state index is 11.1. The summed E-state index contributed by atoms with van der Waals surface area (Å²) in [6.45, 7) is 0. The van der Waals surface area contributed by atoms with Crippen molar-refractivity contribution < 1.29 is 38.2 Å². The number of carbonyl (C=O) groups is 1. The summed E-state index contributed by atoms with van der Waals surface area (Å²) in [5, 5.41) is 8.97. The molecule has 0 amide bonds. The molecule has 0 saturated carbocycles. The van der Waals surface area contributed by atoms with E-state index < -0.39 is 27.9 Å².